The van der Waals surface area contributed by atoms with Gasteiger partial charge in [0, 0.05) is 12.8 Å². The van der Waals surface area contributed by atoms with Crippen molar-refractivity contribution in [3.63, 3.8) is 0 Å². The highest BCUT2D eigenvalue weighted by atomic mass is 31.2. The number of phosphoric ester groups is 1. The second kappa shape index (κ2) is 49.4. The standard InChI is InChI=1S/C54H102NO10P/c1-3-5-7-9-11-13-15-17-19-21-23-24-25-26-27-28-29-31-33-35-37-39-41-43-45-52(57)55-51(54(59)60)49-65-66(61,62)64-48-50(56)47-63-53(58)46-44-42-40-38-36-34-32-30-22-20-18-16-14-12-10-8-6-4-2/h14,16,20,22,50-51,56H,3-13,15,17-19,21,23-49H2,1-2H3,(H,55,57)(H,59,60)(H,61,62)/b16-14-,22-20-. The third-order valence-corrected chi connectivity index (χ3v) is 13.2. The first-order chi connectivity index (χ1) is 32.1. The van der Waals surface area contributed by atoms with E-state index in [9.17, 15) is 34.1 Å². The first-order valence-electron chi connectivity index (χ1n) is 27.4. The number of ether oxygens (including phenoxy) is 1. The molecule has 0 heterocycles. The molecule has 4 N–H and O–H groups in total. The summed E-state index contributed by atoms with van der Waals surface area (Å²) in [6.45, 7) is 2.62. The van der Waals surface area contributed by atoms with E-state index in [4.69, 9.17) is 13.8 Å². The van der Waals surface area contributed by atoms with E-state index in [0.29, 0.717) is 12.8 Å². The zero-order valence-corrected chi connectivity index (χ0v) is 43.4. The molecule has 3 unspecified atom stereocenters. The van der Waals surface area contributed by atoms with Crippen LogP contribution in [-0.4, -0.2) is 64.9 Å². The number of rotatable bonds is 52. The van der Waals surface area contributed by atoms with Crippen molar-refractivity contribution in [2.45, 2.75) is 283 Å². The van der Waals surface area contributed by atoms with Crippen LogP contribution in [0.1, 0.15) is 271 Å². The molecule has 11 nitrogen and oxygen atoms in total. The van der Waals surface area contributed by atoms with Gasteiger partial charge < -0.3 is 25.2 Å². The Labute approximate surface area is 404 Å². The van der Waals surface area contributed by atoms with Crippen molar-refractivity contribution < 1.29 is 47.8 Å². The van der Waals surface area contributed by atoms with E-state index in [1.54, 1.807) is 0 Å². The minimum atomic E-state index is -4.76. The van der Waals surface area contributed by atoms with Crippen LogP contribution < -0.4 is 5.32 Å². The molecular formula is C54H102NO10P. The Morgan fingerprint density at radius 1 is 0.485 bits per heavy atom. The van der Waals surface area contributed by atoms with Gasteiger partial charge in [0.05, 0.1) is 13.2 Å². The molecule has 0 aliphatic heterocycles. The Kier molecular flexibility index (Phi) is 47.9. The molecule has 388 valence electrons. The maximum absolute atomic E-state index is 12.4. The van der Waals surface area contributed by atoms with Gasteiger partial charge in [-0.15, -0.1) is 0 Å². The number of amides is 1. The summed E-state index contributed by atoms with van der Waals surface area (Å²) in [4.78, 5) is 46.2. The lowest BCUT2D eigenvalue weighted by Crippen LogP contribution is -2.43. The summed E-state index contributed by atoms with van der Waals surface area (Å²) >= 11 is 0. The van der Waals surface area contributed by atoms with Gasteiger partial charge in [-0.05, 0) is 44.9 Å². The Morgan fingerprint density at radius 2 is 0.833 bits per heavy atom. The summed E-state index contributed by atoms with van der Waals surface area (Å²) in [5, 5.41) is 22.0. The molecule has 0 spiro atoms. The van der Waals surface area contributed by atoms with E-state index in [2.05, 4.69) is 43.5 Å². The number of carbonyl (C=O) groups excluding carboxylic acids is 2. The van der Waals surface area contributed by atoms with Crippen LogP contribution in [-0.2, 0) is 32.7 Å². The molecule has 0 bridgehead atoms. The Hall–Kier alpha value is -2.04. The van der Waals surface area contributed by atoms with Crippen molar-refractivity contribution in [3.8, 4) is 0 Å². The van der Waals surface area contributed by atoms with E-state index < -0.39 is 57.6 Å². The summed E-state index contributed by atoms with van der Waals surface area (Å²) in [6.07, 6.45) is 54.9. The first-order valence-corrected chi connectivity index (χ1v) is 28.9. The molecule has 12 heteroatoms. The van der Waals surface area contributed by atoms with Crippen molar-refractivity contribution in [1.29, 1.82) is 0 Å². The SMILES string of the molecule is CCCCCC/C=C\C/C=C\CCCCCCCCCC(=O)OCC(O)COP(=O)(O)OCC(NC(=O)CCCCCCCCCCCCCCCCCCCCCCCCCC)C(=O)O. The fourth-order valence-electron chi connectivity index (χ4n) is 8.00. The predicted octanol–water partition coefficient (Wildman–Crippen LogP) is 15.3. The maximum atomic E-state index is 12.4. The number of carboxylic acid groups (broad SMARTS) is 1. The van der Waals surface area contributed by atoms with Crippen LogP contribution >= 0.6 is 7.82 Å². The third-order valence-electron chi connectivity index (χ3n) is 12.2. The quantitative estimate of drug-likeness (QED) is 0.0199. The topological polar surface area (TPSA) is 169 Å². The molecule has 0 saturated carbocycles. The van der Waals surface area contributed by atoms with Gasteiger partial charge in [-0.1, -0.05) is 237 Å². The van der Waals surface area contributed by atoms with Crippen LogP contribution in [0.5, 0.6) is 0 Å². The van der Waals surface area contributed by atoms with Crippen LogP contribution in [0, 0.1) is 0 Å². The molecule has 0 rings (SSSR count). The van der Waals surface area contributed by atoms with Crippen LogP contribution in [0.4, 0.5) is 0 Å². The molecule has 3 atom stereocenters. The average molecular weight is 956 g/mol. The van der Waals surface area contributed by atoms with Crippen LogP contribution in [0.15, 0.2) is 24.3 Å². The minimum absolute atomic E-state index is 0.150. The lowest BCUT2D eigenvalue weighted by Gasteiger charge is -2.18. The number of allylic oxidation sites excluding steroid dienone is 4. The van der Waals surface area contributed by atoms with Crippen LogP contribution in [0.25, 0.3) is 0 Å². The Bertz CT molecular complexity index is 1210. The van der Waals surface area contributed by atoms with Gasteiger partial charge in [0.25, 0.3) is 0 Å². The summed E-state index contributed by atoms with van der Waals surface area (Å²) in [6, 6.07) is -1.54. The molecule has 1 amide bonds. The monoisotopic (exact) mass is 956 g/mol. The lowest BCUT2D eigenvalue weighted by molar-refractivity contribution is -0.147. The highest BCUT2D eigenvalue weighted by molar-refractivity contribution is 7.47. The number of hydrogen-bond acceptors (Lipinski definition) is 8. The van der Waals surface area contributed by atoms with Gasteiger partial charge >= 0.3 is 19.8 Å². The molecule has 0 aromatic rings. The second-order valence-electron chi connectivity index (χ2n) is 18.8. The normalized spacial score (nSPS) is 13.6. The van der Waals surface area contributed by atoms with Crippen molar-refractivity contribution in [2.24, 2.45) is 0 Å². The number of aliphatic hydroxyl groups excluding tert-OH is 1. The van der Waals surface area contributed by atoms with E-state index in [0.717, 1.165) is 51.4 Å². The van der Waals surface area contributed by atoms with Crippen molar-refractivity contribution in [1.82, 2.24) is 5.32 Å². The predicted molar refractivity (Wildman–Crippen MR) is 273 cm³/mol. The fraction of sp³-hybridized carbons (Fsp3) is 0.870. The number of nitrogens with one attached hydrogen (secondary N) is 1. The summed E-state index contributed by atoms with van der Waals surface area (Å²) in [5.41, 5.74) is 0. The molecule has 0 aromatic heterocycles. The summed E-state index contributed by atoms with van der Waals surface area (Å²) in [7, 11) is -4.76. The fourth-order valence-corrected chi connectivity index (χ4v) is 8.77. The number of aliphatic carboxylic acids is 1. The van der Waals surface area contributed by atoms with Gasteiger partial charge in [0.2, 0.25) is 5.91 Å². The van der Waals surface area contributed by atoms with E-state index in [1.807, 2.05) is 0 Å². The maximum Gasteiger partial charge on any atom is 0.472 e. The van der Waals surface area contributed by atoms with Crippen LogP contribution in [0.3, 0.4) is 0 Å². The van der Waals surface area contributed by atoms with E-state index in [1.165, 1.54) is 180 Å². The summed E-state index contributed by atoms with van der Waals surface area (Å²) < 4.78 is 27.0. The van der Waals surface area contributed by atoms with Gasteiger partial charge in [0.1, 0.15) is 12.7 Å². The molecule has 66 heavy (non-hydrogen) atoms. The van der Waals surface area contributed by atoms with Crippen molar-refractivity contribution in [3.05, 3.63) is 24.3 Å². The molecule has 0 radical (unpaired) electrons. The van der Waals surface area contributed by atoms with Gasteiger partial charge in [-0.3, -0.25) is 18.6 Å². The minimum Gasteiger partial charge on any atom is -0.480 e. The second-order valence-corrected chi connectivity index (χ2v) is 20.2. The third kappa shape index (κ3) is 48.4. The van der Waals surface area contributed by atoms with E-state index in [-0.39, 0.29) is 12.8 Å². The number of carbonyl (C=O) groups is 3. The number of hydrogen-bond donors (Lipinski definition) is 4. The highest BCUT2D eigenvalue weighted by Crippen LogP contribution is 2.43. The molecule has 0 aliphatic rings. The zero-order chi connectivity index (χ0) is 48.4. The zero-order valence-electron chi connectivity index (χ0n) is 42.5. The van der Waals surface area contributed by atoms with Gasteiger partial charge in [-0.2, -0.15) is 0 Å². The molecule has 0 aromatic carbocycles. The molecule has 0 fully saturated rings. The lowest BCUT2D eigenvalue weighted by atomic mass is 10.0. The molecular weight excluding hydrogens is 854 g/mol. The van der Waals surface area contributed by atoms with Crippen molar-refractivity contribution >= 4 is 25.7 Å². The average Bonchev–Trinajstić information content (AvgIpc) is 3.29. The number of unbranched alkanes of at least 4 members (excludes halogenated alkanes) is 34. The largest absolute Gasteiger partial charge is 0.480 e. The number of phosphoric acid groups is 1. The molecule has 0 saturated heterocycles. The first kappa shape index (κ1) is 64.0. The smallest absolute Gasteiger partial charge is 0.472 e. The van der Waals surface area contributed by atoms with Gasteiger partial charge in [0.15, 0.2) is 6.04 Å². The highest BCUT2D eigenvalue weighted by Gasteiger charge is 2.28. The number of carboxylic acids is 1. The Morgan fingerprint density at radius 3 is 1.24 bits per heavy atom. The number of aliphatic hydroxyl groups is 1. The Balaban J connectivity index is 3.77. The number of esters is 1. The van der Waals surface area contributed by atoms with Crippen molar-refractivity contribution in [2.75, 3.05) is 19.8 Å². The van der Waals surface area contributed by atoms with Crippen LogP contribution in [0.2, 0.25) is 0 Å². The van der Waals surface area contributed by atoms with E-state index >= 15 is 0 Å². The molecule has 0 aliphatic carbocycles. The van der Waals surface area contributed by atoms with Gasteiger partial charge in [-0.25, -0.2) is 9.36 Å². The summed E-state index contributed by atoms with van der Waals surface area (Å²) in [5.74, 6) is -2.36.